The summed E-state index contributed by atoms with van der Waals surface area (Å²) in [6.07, 6.45) is 2.54. The van der Waals surface area contributed by atoms with Gasteiger partial charge in [0.15, 0.2) is 5.82 Å². The number of halogens is 1. The Hall–Kier alpha value is -1.39. The van der Waals surface area contributed by atoms with Gasteiger partial charge in [0.1, 0.15) is 0 Å². The van der Waals surface area contributed by atoms with Crippen molar-refractivity contribution in [1.29, 1.82) is 0 Å². The summed E-state index contributed by atoms with van der Waals surface area (Å²) in [7, 11) is 0. The molecule has 0 aliphatic heterocycles. The standard InChI is InChI=1S/C12H14ClN3O/c1-3-10-4-9(7-17)5-12(14-10)16-6-11(13)8(2)15-16/h4-6,17H,3,7H2,1-2H3. The second kappa shape index (κ2) is 4.85. The number of pyridine rings is 1. The van der Waals surface area contributed by atoms with Gasteiger partial charge < -0.3 is 5.11 Å². The van der Waals surface area contributed by atoms with E-state index in [-0.39, 0.29) is 6.61 Å². The van der Waals surface area contributed by atoms with Crippen molar-refractivity contribution in [3.8, 4) is 5.82 Å². The van der Waals surface area contributed by atoms with Gasteiger partial charge in [0.05, 0.1) is 23.5 Å². The van der Waals surface area contributed by atoms with Gasteiger partial charge in [0.25, 0.3) is 0 Å². The minimum absolute atomic E-state index is 0.00347. The van der Waals surface area contributed by atoms with Crippen molar-refractivity contribution in [3.05, 3.63) is 40.3 Å². The van der Waals surface area contributed by atoms with Crippen LogP contribution in [0, 0.1) is 6.92 Å². The molecule has 0 unspecified atom stereocenters. The summed E-state index contributed by atoms with van der Waals surface area (Å²) in [5.74, 6) is 0.684. The number of nitrogens with zero attached hydrogens (tertiary/aromatic N) is 3. The van der Waals surface area contributed by atoms with Crippen molar-refractivity contribution in [2.75, 3.05) is 0 Å². The average Bonchev–Trinajstić information content (AvgIpc) is 2.69. The third-order valence-corrected chi connectivity index (χ3v) is 2.91. The minimum Gasteiger partial charge on any atom is -0.392 e. The zero-order chi connectivity index (χ0) is 12.4. The number of aromatic nitrogens is 3. The fraction of sp³-hybridized carbons (Fsp3) is 0.333. The lowest BCUT2D eigenvalue weighted by Crippen LogP contribution is -2.03. The van der Waals surface area contributed by atoms with Crippen molar-refractivity contribution in [1.82, 2.24) is 14.8 Å². The molecule has 5 heteroatoms. The topological polar surface area (TPSA) is 50.9 Å². The molecule has 0 atom stereocenters. The molecule has 0 saturated carbocycles. The fourth-order valence-electron chi connectivity index (χ4n) is 1.58. The van der Waals surface area contributed by atoms with E-state index in [2.05, 4.69) is 10.1 Å². The van der Waals surface area contributed by atoms with E-state index in [4.69, 9.17) is 11.6 Å². The van der Waals surface area contributed by atoms with Crippen molar-refractivity contribution in [2.45, 2.75) is 26.9 Å². The Kier molecular flexibility index (Phi) is 3.45. The van der Waals surface area contributed by atoms with Gasteiger partial charge in [-0.05, 0) is 31.0 Å². The van der Waals surface area contributed by atoms with Crippen LogP contribution in [-0.4, -0.2) is 19.9 Å². The second-order valence-electron chi connectivity index (χ2n) is 3.84. The number of hydrogen-bond donors (Lipinski definition) is 1. The number of rotatable bonds is 3. The number of aryl methyl sites for hydroxylation is 2. The summed E-state index contributed by atoms with van der Waals surface area (Å²) in [6.45, 7) is 3.86. The summed E-state index contributed by atoms with van der Waals surface area (Å²) < 4.78 is 1.63. The highest BCUT2D eigenvalue weighted by atomic mass is 35.5. The number of hydrogen-bond acceptors (Lipinski definition) is 3. The molecule has 0 aliphatic carbocycles. The van der Waals surface area contributed by atoms with Gasteiger partial charge >= 0.3 is 0 Å². The van der Waals surface area contributed by atoms with Crippen molar-refractivity contribution >= 4 is 11.6 Å². The van der Waals surface area contributed by atoms with Crippen LogP contribution in [0.25, 0.3) is 5.82 Å². The zero-order valence-corrected chi connectivity index (χ0v) is 10.6. The summed E-state index contributed by atoms with van der Waals surface area (Å²) in [4.78, 5) is 4.46. The van der Waals surface area contributed by atoms with Crippen LogP contribution >= 0.6 is 11.6 Å². The Labute approximate surface area is 105 Å². The largest absolute Gasteiger partial charge is 0.392 e. The van der Waals surface area contributed by atoms with Crippen LogP contribution in [0.5, 0.6) is 0 Å². The zero-order valence-electron chi connectivity index (χ0n) is 9.81. The van der Waals surface area contributed by atoms with Crippen LogP contribution in [0.2, 0.25) is 5.02 Å². The molecule has 90 valence electrons. The Morgan fingerprint density at radius 2 is 2.18 bits per heavy atom. The maximum Gasteiger partial charge on any atom is 0.153 e. The van der Waals surface area contributed by atoms with Crippen LogP contribution in [-0.2, 0) is 13.0 Å². The van der Waals surface area contributed by atoms with Crippen molar-refractivity contribution in [3.63, 3.8) is 0 Å². The molecule has 0 saturated heterocycles. The molecule has 0 spiro atoms. The molecule has 2 rings (SSSR count). The first-order valence-electron chi connectivity index (χ1n) is 5.47. The van der Waals surface area contributed by atoms with E-state index >= 15 is 0 Å². The molecule has 0 aliphatic rings. The molecule has 0 fully saturated rings. The van der Waals surface area contributed by atoms with Crippen LogP contribution in [0.4, 0.5) is 0 Å². The number of aliphatic hydroxyl groups excluding tert-OH is 1. The Bertz CT molecular complexity index is 495. The van der Waals surface area contributed by atoms with E-state index in [0.717, 1.165) is 23.4 Å². The first-order valence-corrected chi connectivity index (χ1v) is 5.84. The lowest BCUT2D eigenvalue weighted by atomic mass is 10.2. The molecule has 2 aromatic rings. The monoisotopic (exact) mass is 251 g/mol. The highest BCUT2D eigenvalue weighted by molar-refractivity contribution is 6.31. The van der Waals surface area contributed by atoms with Crippen LogP contribution in [0.3, 0.4) is 0 Å². The summed E-state index contributed by atoms with van der Waals surface area (Å²) >= 11 is 5.97. The lowest BCUT2D eigenvalue weighted by molar-refractivity contribution is 0.281. The second-order valence-corrected chi connectivity index (χ2v) is 4.25. The number of aliphatic hydroxyl groups is 1. The van der Waals surface area contributed by atoms with Crippen LogP contribution < -0.4 is 0 Å². The summed E-state index contributed by atoms with van der Waals surface area (Å²) in [6, 6.07) is 3.70. The molecule has 0 radical (unpaired) electrons. The van der Waals surface area contributed by atoms with E-state index in [1.54, 1.807) is 10.9 Å². The SMILES string of the molecule is CCc1cc(CO)cc(-n2cc(Cl)c(C)n2)n1. The lowest BCUT2D eigenvalue weighted by Gasteiger charge is -2.06. The first kappa shape index (κ1) is 12.1. The predicted molar refractivity (Wildman–Crippen MR) is 66.4 cm³/mol. The highest BCUT2D eigenvalue weighted by Gasteiger charge is 2.07. The van der Waals surface area contributed by atoms with Gasteiger partial charge in [0, 0.05) is 5.69 Å². The van der Waals surface area contributed by atoms with Gasteiger partial charge in [-0.2, -0.15) is 5.10 Å². The molecule has 2 heterocycles. The van der Waals surface area contributed by atoms with E-state index in [9.17, 15) is 5.11 Å². The van der Waals surface area contributed by atoms with E-state index in [1.165, 1.54) is 0 Å². The molecule has 2 aromatic heterocycles. The third kappa shape index (κ3) is 2.48. The maximum atomic E-state index is 9.21. The van der Waals surface area contributed by atoms with Crippen molar-refractivity contribution < 1.29 is 5.11 Å². The Morgan fingerprint density at radius 1 is 1.41 bits per heavy atom. The van der Waals surface area contributed by atoms with E-state index in [1.807, 2.05) is 26.0 Å². The Morgan fingerprint density at radius 3 is 2.71 bits per heavy atom. The molecular formula is C12H14ClN3O. The molecule has 0 aromatic carbocycles. The average molecular weight is 252 g/mol. The first-order chi connectivity index (χ1) is 8.13. The maximum absolute atomic E-state index is 9.21. The van der Waals surface area contributed by atoms with Gasteiger partial charge in [-0.3, -0.25) is 0 Å². The fourth-order valence-corrected chi connectivity index (χ4v) is 1.71. The van der Waals surface area contributed by atoms with Crippen molar-refractivity contribution in [2.24, 2.45) is 0 Å². The Balaban J connectivity index is 2.50. The minimum atomic E-state index is -0.00347. The van der Waals surface area contributed by atoms with Crippen LogP contribution in [0.1, 0.15) is 23.9 Å². The predicted octanol–water partition coefficient (Wildman–Crippen LogP) is 2.28. The summed E-state index contributed by atoms with van der Waals surface area (Å²) in [5, 5.41) is 14.1. The normalized spacial score (nSPS) is 10.8. The molecule has 0 amide bonds. The molecule has 4 nitrogen and oxygen atoms in total. The van der Waals surface area contributed by atoms with Gasteiger partial charge in [0.2, 0.25) is 0 Å². The van der Waals surface area contributed by atoms with Crippen LogP contribution in [0.15, 0.2) is 18.3 Å². The van der Waals surface area contributed by atoms with Gasteiger partial charge in [-0.25, -0.2) is 9.67 Å². The molecule has 17 heavy (non-hydrogen) atoms. The smallest absolute Gasteiger partial charge is 0.153 e. The molecular weight excluding hydrogens is 238 g/mol. The van der Waals surface area contributed by atoms with E-state index < -0.39 is 0 Å². The summed E-state index contributed by atoms with van der Waals surface area (Å²) in [5.41, 5.74) is 2.52. The molecule has 0 bridgehead atoms. The third-order valence-electron chi connectivity index (χ3n) is 2.54. The van der Waals surface area contributed by atoms with E-state index in [0.29, 0.717) is 10.8 Å². The van der Waals surface area contributed by atoms with Gasteiger partial charge in [-0.15, -0.1) is 0 Å². The highest BCUT2D eigenvalue weighted by Crippen LogP contribution is 2.17. The van der Waals surface area contributed by atoms with Gasteiger partial charge in [-0.1, -0.05) is 18.5 Å². The quantitative estimate of drug-likeness (QED) is 0.911. The molecule has 1 N–H and O–H groups in total.